The quantitative estimate of drug-likeness (QED) is 0.771. The molecule has 0 unspecified atom stereocenters. The number of pyridine rings is 1. The minimum atomic E-state index is -0.0904. The summed E-state index contributed by atoms with van der Waals surface area (Å²) in [4.78, 5) is 18.5. The van der Waals surface area contributed by atoms with Crippen molar-refractivity contribution in [2.24, 2.45) is 0 Å². The number of aromatic nitrogens is 1. The van der Waals surface area contributed by atoms with Gasteiger partial charge in [-0.1, -0.05) is 33.6 Å². The second-order valence-electron chi connectivity index (χ2n) is 4.81. The molecule has 1 aromatic heterocycles. The number of nitrogens with zero attached hydrogens (tertiary/aromatic N) is 2. The summed E-state index contributed by atoms with van der Waals surface area (Å²) < 4.78 is 1.03. The van der Waals surface area contributed by atoms with E-state index in [1.807, 2.05) is 17.9 Å². The highest BCUT2D eigenvalue weighted by molar-refractivity contribution is 9.10. The molecule has 1 aliphatic heterocycles. The average Bonchev–Trinajstić information content (AvgIpc) is 2.74. The van der Waals surface area contributed by atoms with Crippen molar-refractivity contribution in [1.29, 1.82) is 0 Å². The zero-order chi connectivity index (χ0) is 14.3. The number of hydrogen-bond donors (Lipinski definition) is 0. The van der Waals surface area contributed by atoms with Crippen LogP contribution in [0.25, 0.3) is 0 Å². The summed E-state index contributed by atoms with van der Waals surface area (Å²) >= 11 is 9.39. The fraction of sp³-hybridized carbons (Fsp3) is 0.200. The maximum Gasteiger partial charge on any atom is 0.273 e. The van der Waals surface area contributed by atoms with Crippen molar-refractivity contribution in [1.82, 2.24) is 9.88 Å². The second kappa shape index (κ2) is 5.19. The summed E-state index contributed by atoms with van der Waals surface area (Å²) in [6.45, 7) is 2.63. The van der Waals surface area contributed by atoms with Crippen LogP contribution in [0.2, 0.25) is 5.02 Å². The van der Waals surface area contributed by atoms with E-state index in [1.54, 1.807) is 18.3 Å². The molecule has 1 aromatic carbocycles. The summed E-state index contributed by atoms with van der Waals surface area (Å²) in [6, 6.07) is 9.44. The Morgan fingerprint density at radius 2 is 2.20 bits per heavy atom. The molecule has 0 aliphatic carbocycles. The van der Waals surface area contributed by atoms with Crippen LogP contribution < -0.4 is 0 Å². The maximum absolute atomic E-state index is 12.6. The van der Waals surface area contributed by atoms with E-state index in [2.05, 4.69) is 33.0 Å². The molecular formula is C15H12BrClN2O. The van der Waals surface area contributed by atoms with Crippen LogP contribution in [0.3, 0.4) is 0 Å². The van der Waals surface area contributed by atoms with Gasteiger partial charge >= 0.3 is 0 Å². The van der Waals surface area contributed by atoms with Gasteiger partial charge in [-0.15, -0.1) is 0 Å². The first-order valence-electron chi connectivity index (χ1n) is 6.27. The van der Waals surface area contributed by atoms with Gasteiger partial charge in [0.15, 0.2) is 0 Å². The minimum Gasteiger partial charge on any atom is -0.326 e. The van der Waals surface area contributed by atoms with Crippen molar-refractivity contribution in [3.63, 3.8) is 0 Å². The van der Waals surface area contributed by atoms with Gasteiger partial charge in [0.2, 0.25) is 0 Å². The molecule has 1 amide bonds. The standard InChI is InChI=1S/C15H12BrClN2O/c1-9-13-3-2-11(16)6-10(13)8-19(9)15(20)14-7-12(17)4-5-18-14/h2-7,9H,8H2,1H3/t9-/m1/s1. The normalized spacial score (nSPS) is 17.1. The lowest BCUT2D eigenvalue weighted by Gasteiger charge is -2.21. The predicted molar refractivity (Wildman–Crippen MR) is 81.7 cm³/mol. The molecule has 0 spiro atoms. The molecule has 102 valence electrons. The van der Waals surface area contributed by atoms with Crippen molar-refractivity contribution in [3.8, 4) is 0 Å². The van der Waals surface area contributed by atoms with E-state index >= 15 is 0 Å². The molecule has 5 heteroatoms. The highest BCUT2D eigenvalue weighted by Crippen LogP contribution is 2.35. The van der Waals surface area contributed by atoms with Gasteiger partial charge in [-0.2, -0.15) is 0 Å². The molecule has 0 radical (unpaired) electrons. The fourth-order valence-electron chi connectivity index (χ4n) is 2.52. The first-order chi connectivity index (χ1) is 9.56. The van der Waals surface area contributed by atoms with Crippen LogP contribution in [0.15, 0.2) is 41.0 Å². The monoisotopic (exact) mass is 350 g/mol. The highest BCUT2D eigenvalue weighted by Gasteiger charge is 2.31. The largest absolute Gasteiger partial charge is 0.326 e. The fourth-order valence-corrected chi connectivity index (χ4v) is 3.09. The van der Waals surface area contributed by atoms with E-state index in [-0.39, 0.29) is 11.9 Å². The zero-order valence-corrected chi connectivity index (χ0v) is 13.1. The van der Waals surface area contributed by atoms with E-state index in [0.29, 0.717) is 17.3 Å². The first-order valence-corrected chi connectivity index (χ1v) is 7.44. The molecule has 20 heavy (non-hydrogen) atoms. The van der Waals surface area contributed by atoms with Crippen LogP contribution in [-0.2, 0) is 6.54 Å². The Balaban J connectivity index is 1.92. The number of carbonyl (C=O) groups is 1. The van der Waals surface area contributed by atoms with Gasteiger partial charge in [-0.05, 0) is 42.3 Å². The van der Waals surface area contributed by atoms with Crippen molar-refractivity contribution in [2.75, 3.05) is 0 Å². The number of carbonyl (C=O) groups excluding carboxylic acids is 1. The van der Waals surface area contributed by atoms with Crippen molar-refractivity contribution in [2.45, 2.75) is 19.5 Å². The molecule has 3 nitrogen and oxygen atoms in total. The molecule has 0 bridgehead atoms. The van der Waals surface area contributed by atoms with E-state index in [1.165, 1.54) is 11.1 Å². The smallest absolute Gasteiger partial charge is 0.273 e. The van der Waals surface area contributed by atoms with Gasteiger partial charge in [0, 0.05) is 22.2 Å². The van der Waals surface area contributed by atoms with Crippen molar-refractivity contribution < 1.29 is 4.79 Å². The maximum atomic E-state index is 12.6. The van der Waals surface area contributed by atoms with E-state index < -0.39 is 0 Å². The van der Waals surface area contributed by atoms with Gasteiger partial charge in [0.25, 0.3) is 5.91 Å². The lowest BCUT2D eigenvalue weighted by atomic mass is 10.1. The third-order valence-electron chi connectivity index (χ3n) is 3.57. The van der Waals surface area contributed by atoms with E-state index in [4.69, 9.17) is 11.6 Å². The molecule has 2 aromatic rings. The molecule has 1 aliphatic rings. The van der Waals surface area contributed by atoms with Gasteiger partial charge < -0.3 is 4.90 Å². The van der Waals surface area contributed by atoms with Crippen LogP contribution in [0, 0.1) is 0 Å². The van der Waals surface area contributed by atoms with Crippen LogP contribution in [0.4, 0.5) is 0 Å². The Morgan fingerprint density at radius 1 is 1.40 bits per heavy atom. The lowest BCUT2D eigenvalue weighted by Crippen LogP contribution is -2.28. The summed E-state index contributed by atoms with van der Waals surface area (Å²) in [5, 5.41) is 0.524. The number of rotatable bonds is 1. The predicted octanol–water partition coefficient (Wildman–Crippen LogP) is 4.21. The molecule has 0 saturated heterocycles. The first kappa shape index (κ1) is 13.6. The van der Waals surface area contributed by atoms with Crippen LogP contribution in [0.1, 0.15) is 34.6 Å². The Bertz CT molecular complexity index is 689. The van der Waals surface area contributed by atoms with E-state index in [0.717, 1.165) is 4.47 Å². The number of hydrogen-bond acceptors (Lipinski definition) is 2. The molecule has 3 rings (SSSR count). The summed E-state index contributed by atoms with van der Waals surface area (Å²) in [6.07, 6.45) is 1.56. The van der Waals surface area contributed by atoms with Gasteiger partial charge in [0.1, 0.15) is 5.69 Å². The lowest BCUT2D eigenvalue weighted by molar-refractivity contribution is 0.0699. The average molecular weight is 352 g/mol. The van der Waals surface area contributed by atoms with Crippen LogP contribution >= 0.6 is 27.5 Å². The number of amides is 1. The Kier molecular flexibility index (Phi) is 3.52. The SMILES string of the molecule is C[C@@H]1c2ccc(Br)cc2CN1C(=O)c1cc(Cl)ccn1. The van der Waals surface area contributed by atoms with E-state index in [9.17, 15) is 4.79 Å². The summed E-state index contributed by atoms with van der Waals surface area (Å²) in [5.41, 5.74) is 2.74. The molecule has 1 atom stereocenters. The number of halogens is 2. The Labute approximate surface area is 130 Å². The third kappa shape index (κ3) is 2.34. The third-order valence-corrected chi connectivity index (χ3v) is 4.29. The molecular weight excluding hydrogens is 340 g/mol. The van der Waals surface area contributed by atoms with Crippen LogP contribution in [-0.4, -0.2) is 15.8 Å². The molecule has 0 fully saturated rings. The summed E-state index contributed by atoms with van der Waals surface area (Å²) in [5.74, 6) is -0.0904. The molecule has 0 N–H and O–H groups in total. The van der Waals surface area contributed by atoms with Crippen molar-refractivity contribution >= 4 is 33.4 Å². The van der Waals surface area contributed by atoms with Gasteiger partial charge in [0.05, 0.1) is 6.04 Å². The molecule has 2 heterocycles. The Morgan fingerprint density at radius 3 is 2.95 bits per heavy atom. The number of benzene rings is 1. The molecule has 0 saturated carbocycles. The van der Waals surface area contributed by atoms with Crippen LogP contribution in [0.5, 0.6) is 0 Å². The number of fused-ring (bicyclic) bond motifs is 1. The minimum absolute atomic E-state index is 0.0476. The highest BCUT2D eigenvalue weighted by atomic mass is 79.9. The van der Waals surface area contributed by atoms with Crippen molar-refractivity contribution in [3.05, 3.63) is 62.8 Å². The van der Waals surface area contributed by atoms with Gasteiger partial charge in [-0.25, -0.2) is 0 Å². The zero-order valence-electron chi connectivity index (χ0n) is 10.8. The van der Waals surface area contributed by atoms with Gasteiger partial charge in [-0.3, -0.25) is 9.78 Å². The second-order valence-corrected chi connectivity index (χ2v) is 6.16. The Hall–Kier alpha value is -1.39. The summed E-state index contributed by atoms with van der Waals surface area (Å²) in [7, 11) is 0. The topological polar surface area (TPSA) is 33.2 Å².